The summed E-state index contributed by atoms with van der Waals surface area (Å²) in [5.74, 6) is -2.64. The average molecular weight is 290 g/mol. The molecule has 0 amide bonds. The highest BCUT2D eigenvalue weighted by Gasteiger charge is 2.22. The number of hydrogen-bond donors (Lipinski definition) is 2. The van der Waals surface area contributed by atoms with Gasteiger partial charge in [0, 0.05) is 5.69 Å². The number of nitro benzene ring substituents is 1. The SMILES string of the molecule is Cc1ccccc1Nc1cc(C(=O)O)c(F)cc1[N+](=O)[O-]. The Kier molecular flexibility index (Phi) is 3.84. The van der Waals surface area contributed by atoms with Crippen LogP contribution in [0.2, 0.25) is 0 Å². The van der Waals surface area contributed by atoms with Crippen LogP contribution in [-0.2, 0) is 0 Å². The van der Waals surface area contributed by atoms with E-state index < -0.39 is 28.0 Å². The Morgan fingerprint density at radius 3 is 2.52 bits per heavy atom. The minimum atomic E-state index is -1.49. The van der Waals surface area contributed by atoms with E-state index in [-0.39, 0.29) is 5.69 Å². The van der Waals surface area contributed by atoms with E-state index in [1.807, 2.05) is 0 Å². The number of nitrogens with zero attached hydrogens (tertiary/aromatic N) is 1. The van der Waals surface area contributed by atoms with Gasteiger partial charge in [-0.25, -0.2) is 9.18 Å². The van der Waals surface area contributed by atoms with Crippen molar-refractivity contribution in [2.45, 2.75) is 6.92 Å². The fourth-order valence-corrected chi connectivity index (χ4v) is 1.84. The minimum Gasteiger partial charge on any atom is -0.478 e. The van der Waals surface area contributed by atoms with Gasteiger partial charge in [0.1, 0.15) is 11.5 Å². The molecule has 2 aromatic carbocycles. The third kappa shape index (κ3) is 2.97. The van der Waals surface area contributed by atoms with E-state index in [0.717, 1.165) is 11.6 Å². The molecule has 0 aliphatic rings. The van der Waals surface area contributed by atoms with E-state index >= 15 is 0 Å². The number of anilines is 2. The lowest BCUT2D eigenvalue weighted by Gasteiger charge is -2.11. The summed E-state index contributed by atoms with van der Waals surface area (Å²) in [4.78, 5) is 21.2. The van der Waals surface area contributed by atoms with Crippen molar-refractivity contribution in [2.24, 2.45) is 0 Å². The maximum atomic E-state index is 13.5. The summed E-state index contributed by atoms with van der Waals surface area (Å²) in [5, 5.41) is 22.7. The number of carbonyl (C=O) groups is 1. The average Bonchev–Trinajstić information content (AvgIpc) is 2.42. The Morgan fingerprint density at radius 2 is 1.95 bits per heavy atom. The summed E-state index contributed by atoms with van der Waals surface area (Å²) in [6.07, 6.45) is 0. The number of nitro groups is 1. The van der Waals surface area contributed by atoms with E-state index in [9.17, 15) is 19.3 Å². The first kappa shape index (κ1) is 14.4. The molecule has 0 aromatic heterocycles. The van der Waals surface area contributed by atoms with Crippen LogP contribution in [0.15, 0.2) is 36.4 Å². The van der Waals surface area contributed by atoms with Crippen LogP contribution in [0.1, 0.15) is 15.9 Å². The molecule has 108 valence electrons. The molecule has 0 atom stereocenters. The van der Waals surface area contributed by atoms with Gasteiger partial charge in [0.15, 0.2) is 0 Å². The van der Waals surface area contributed by atoms with Crippen LogP contribution in [0.5, 0.6) is 0 Å². The zero-order valence-electron chi connectivity index (χ0n) is 11.0. The number of aryl methyl sites for hydroxylation is 1. The van der Waals surface area contributed by atoms with Gasteiger partial charge in [0.2, 0.25) is 0 Å². The highest BCUT2D eigenvalue weighted by atomic mass is 19.1. The Morgan fingerprint density at radius 1 is 1.29 bits per heavy atom. The monoisotopic (exact) mass is 290 g/mol. The molecule has 0 aliphatic carbocycles. The van der Waals surface area contributed by atoms with Crippen molar-refractivity contribution in [2.75, 3.05) is 5.32 Å². The Bertz CT molecular complexity index is 731. The summed E-state index contributed by atoms with van der Waals surface area (Å²) >= 11 is 0. The number of para-hydroxylation sites is 1. The first-order chi connectivity index (χ1) is 9.90. The standard InChI is InChI=1S/C14H11FN2O4/c1-8-4-2-3-5-11(8)16-12-6-9(14(18)19)10(15)7-13(12)17(20)21/h2-7,16H,1H3,(H,18,19). The van der Waals surface area contributed by atoms with Crippen molar-refractivity contribution in [3.8, 4) is 0 Å². The molecule has 0 saturated heterocycles. The number of rotatable bonds is 4. The molecule has 0 heterocycles. The van der Waals surface area contributed by atoms with E-state index in [4.69, 9.17) is 5.11 Å². The topological polar surface area (TPSA) is 92.5 Å². The number of aromatic carboxylic acids is 1. The summed E-state index contributed by atoms with van der Waals surface area (Å²) < 4.78 is 13.5. The molecule has 0 unspecified atom stereocenters. The third-order valence-corrected chi connectivity index (χ3v) is 2.93. The molecule has 0 fully saturated rings. The molecule has 0 bridgehead atoms. The number of halogens is 1. The Labute approximate surface area is 119 Å². The van der Waals surface area contributed by atoms with Gasteiger partial charge >= 0.3 is 5.97 Å². The van der Waals surface area contributed by atoms with Gasteiger partial charge in [-0.15, -0.1) is 0 Å². The highest BCUT2D eigenvalue weighted by molar-refractivity contribution is 5.91. The van der Waals surface area contributed by atoms with E-state index in [1.54, 1.807) is 31.2 Å². The van der Waals surface area contributed by atoms with Crippen LogP contribution in [0.4, 0.5) is 21.5 Å². The molecule has 2 aromatic rings. The second-order valence-electron chi connectivity index (χ2n) is 4.35. The number of hydrogen-bond acceptors (Lipinski definition) is 4. The van der Waals surface area contributed by atoms with E-state index in [1.165, 1.54) is 0 Å². The van der Waals surface area contributed by atoms with Gasteiger partial charge in [-0.3, -0.25) is 10.1 Å². The quantitative estimate of drug-likeness (QED) is 0.664. The molecule has 0 spiro atoms. The molecule has 0 saturated carbocycles. The smallest absolute Gasteiger partial charge is 0.338 e. The summed E-state index contributed by atoms with van der Waals surface area (Å²) in [6, 6.07) is 8.51. The lowest BCUT2D eigenvalue weighted by molar-refractivity contribution is -0.384. The van der Waals surface area contributed by atoms with Gasteiger partial charge in [0.25, 0.3) is 5.69 Å². The molecular weight excluding hydrogens is 279 g/mol. The van der Waals surface area contributed by atoms with Crippen molar-refractivity contribution in [3.05, 3.63) is 63.5 Å². The summed E-state index contributed by atoms with van der Waals surface area (Å²) in [6.45, 7) is 1.79. The molecule has 0 aliphatic heterocycles. The van der Waals surface area contributed by atoms with Crippen LogP contribution in [0.25, 0.3) is 0 Å². The minimum absolute atomic E-state index is 0.0758. The number of nitrogens with one attached hydrogen (secondary N) is 1. The molecular formula is C14H11FN2O4. The fraction of sp³-hybridized carbons (Fsp3) is 0.0714. The molecule has 2 N–H and O–H groups in total. The zero-order valence-corrected chi connectivity index (χ0v) is 11.0. The molecule has 7 heteroatoms. The number of carboxylic acid groups (broad SMARTS) is 1. The predicted molar refractivity (Wildman–Crippen MR) is 74.5 cm³/mol. The van der Waals surface area contributed by atoms with Gasteiger partial charge < -0.3 is 10.4 Å². The van der Waals surface area contributed by atoms with Crippen LogP contribution in [0, 0.1) is 22.9 Å². The van der Waals surface area contributed by atoms with Crippen LogP contribution < -0.4 is 5.32 Å². The third-order valence-electron chi connectivity index (χ3n) is 2.93. The van der Waals surface area contributed by atoms with Gasteiger partial charge in [0.05, 0.1) is 16.6 Å². The van der Waals surface area contributed by atoms with Gasteiger partial charge in [-0.05, 0) is 24.6 Å². The zero-order chi connectivity index (χ0) is 15.6. The lowest BCUT2D eigenvalue weighted by atomic mass is 10.1. The van der Waals surface area contributed by atoms with Crippen LogP contribution in [0.3, 0.4) is 0 Å². The Balaban J connectivity index is 2.55. The summed E-state index contributed by atoms with van der Waals surface area (Å²) in [7, 11) is 0. The van der Waals surface area contributed by atoms with Crippen molar-refractivity contribution in [3.63, 3.8) is 0 Å². The second kappa shape index (κ2) is 5.58. The Hall–Kier alpha value is -2.96. The highest BCUT2D eigenvalue weighted by Crippen LogP contribution is 2.31. The summed E-state index contributed by atoms with van der Waals surface area (Å²) in [5.41, 5.74) is 0.155. The molecule has 21 heavy (non-hydrogen) atoms. The maximum Gasteiger partial charge on any atom is 0.338 e. The van der Waals surface area contributed by atoms with Crippen molar-refractivity contribution in [1.82, 2.24) is 0 Å². The predicted octanol–water partition coefficient (Wildman–Crippen LogP) is 3.48. The van der Waals surface area contributed by atoms with Crippen molar-refractivity contribution >= 4 is 23.0 Å². The van der Waals surface area contributed by atoms with Crippen molar-refractivity contribution in [1.29, 1.82) is 0 Å². The van der Waals surface area contributed by atoms with Gasteiger partial charge in [-0.2, -0.15) is 0 Å². The number of carboxylic acids is 1. The number of benzene rings is 2. The second-order valence-corrected chi connectivity index (χ2v) is 4.35. The van der Waals surface area contributed by atoms with Gasteiger partial charge in [-0.1, -0.05) is 18.2 Å². The first-order valence-electron chi connectivity index (χ1n) is 5.94. The van der Waals surface area contributed by atoms with Crippen LogP contribution >= 0.6 is 0 Å². The fourth-order valence-electron chi connectivity index (χ4n) is 1.84. The normalized spacial score (nSPS) is 10.2. The van der Waals surface area contributed by atoms with E-state index in [2.05, 4.69) is 5.32 Å². The molecule has 6 nitrogen and oxygen atoms in total. The van der Waals surface area contributed by atoms with E-state index in [0.29, 0.717) is 11.8 Å². The van der Waals surface area contributed by atoms with Crippen molar-refractivity contribution < 1.29 is 19.2 Å². The molecule has 2 rings (SSSR count). The largest absolute Gasteiger partial charge is 0.478 e. The maximum absolute atomic E-state index is 13.5. The first-order valence-corrected chi connectivity index (χ1v) is 5.94. The van der Waals surface area contributed by atoms with Crippen LogP contribution in [-0.4, -0.2) is 16.0 Å². The lowest BCUT2D eigenvalue weighted by Crippen LogP contribution is -2.05. The molecule has 0 radical (unpaired) electrons.